The molecule has 0 radical (unpaired) electrons. The third kappa shape index (κ3) is 4.35. The summed E-state index contributed by atoms with van der Waals surface area (Å²) >= 11 is 12.4. The van der Waals surface area contributed by atoms with Crippen molar-refractivity contribution in [3.63, 3.8) is 0 Å². The molecular formula is C22H23Cl2N5O. The number of hydrogen-bond acceptors (Lipinski definition) is 4. The molecule has 1 amide bonds. The van der Waals surface area contributed by atoms with E-state index in [-0.39, 0.29) is 11.9 Å². The van der Waals surface area contributed by atoms with Crippen LogP contribution in [0.2, 0.25) is 10.0 Å². The van der Waals surface area contributed by atoms with E-state index in [1.165, 1.54) is 4.80 Å². The molecule has 156 valence electrons. The SMILES string of the molecule is C[C@@H]1CCCN(C(=O)c2cccc(Cl)c2-n2nccn2)[C@@H]1CCc1ccc(Cl)cn1. The largest absolute Gasteiger partial charge is 0.335 e. The van der Waals surface area contributed by atoms with E-state index < -0.39 is 0 Å². The van der Waals surface area contributed by atoms with Gasteiger partial charge < -0.3 is 4.90 Å². The second-order valence-electron chi connectivity index (χ2n) is 7.65. The number of amides is 1. The van der Waals surface area contributed by atoms with Crippen molar-refractivity contribution in [3.8, 4) is 5.69 Å². The molecule has 0 bridgehead atoms. The summed E-state index contributed by atoms with van der Waals surface area (Å²) in [5.41, 5.74) is 2.02. The smallest absolute Gasteiger partial charge is 0.256 e. The van der Waals surface area contributed by atoms with Gasteiger partial charge in [-0.2, -0.15) is 10.2 Å². The zero-order chi connectivity index (χ0) is 21.1. The second-order valence-corrected chi connectivity index (χ2v) is 8.49. The average Bonchev–Trinajstić information content (AvgIpc) is 3.27. The number of pyridine rings is 1. The van der Waals surface area contributed by atoms with Gasteiger partial charge in [-0.3, -0.25) is 9.78 Å². The quantitative estimate of drug-likeness (QED) is 0.565. The Morgan fingerprint density at radius 3 is 2.70 bits per heavy atom. The van der Waals surface area contributed by atoms with E-state index in [4.69, 9.17) is 23.2 Å². The van der Waals surface area contributed by atoms with E-state index in [1.807, 2.05) is 17.0 Å². The number of likely N-dealkylation sites (tertiary alicyclic amines) is 1. The van der Waals surface area contributed by atoms with E-state index in [1.54, 1.807) is 36.8 Å². The summed E-state index contributed by atoms with van der Waals surface area (Å²) in [6.45, 7) is 2.94. The zero-order valence-electron chi connectivity index (χ0n) is 16.7. The number of rotatable bonds is 5. The fourth-order valence-corrected chi connectivity index (χ4v) is 4.53. The minimum absolute atomic E-state index is 0.0367. The van der Waals surface area contributed by atoms with Gasteiger partial charge in [-0.15, -0.1) is 4.80 Å². The molecule has 1 aliphatic rings. The molecule has 1 saturated heterocycles. The van der Waals surface area contributed by atoms with E-state index in [2.05, 4.69) is 22.1 Å². The third-order valence-corrected chi connectivity index (χ3v) is 6.23. The Kier molecular flexibility index (Phi) is 6.35. The number of aromatic nitrogens is 4. The van der Waals surface area contributed by atoms with Crippen molar-refractivity contribution in [3.05, 3.63) is 70.2 Å². The van der Waals surface area contributed by atoms with Crippen LogP contribution in [-0.4, -0.2) is 43.4 Å². The van der Waals surface area contributed by atoms with Crippen molar-refractivity contribution in [2.75, 3.05) is 6.54 Å². The molecule has 0 unspecified atom stereocenters. The summed E-state index contributed by atoms with van der Waals surface area (Å²) in [5.74, 6) is 0.367. The monoisotopic (exact) mass is 443 g/mol. The first kappa shape index (κ1) is 20.8. The number of para-hydroxylation sites is 1. The fourth-order valence-electron chi connectivity index (χ4n) is 4.17. The maximum Gasteiger partial charge on any atom is 0.256 e. The molecule has 0 saturated carbocycles. The molecular weight excluding hydrogens is 421 g/mol. The van der Waals surface area contributed by atoms with Gasteiger partial charge in [-0.25, -0.2) is 0 Å². The van der Waals surface area contributed by atoms with Gasteiger partial charge >= 0.3 is 0 Å². The summed E-state index contributed by atoms with van der Waals surface area (Å²) in [6.07, 6.45) is 8.53. The van der Waals surface area contributed by atoms with Gasteiger partial charge in [0.25, 0.3) is 5.91 Å². The minimum Gasteiger partial charge on any atom is -0.335 e. The van der Waals surface area contributed by atoms with Gasteiger partial charge in [0.2, 0.25) is 0 Å². The first-order valence-electron chi connectivity index (χ1n) is 10.1. The maximum atomic E-state index is 13.6. The number of carbonyl (C=O) groups excluding carboxylic acids is 1. The summed E-state index contributed by atoms with van der Waals surface area (Å²) in [5, 5.41) is 9.44. The van der Waals surface area contributed by atoms with E-state index in [0.717, 1.165) is 37.9 Å². The highest BCUT2D eigenvalue weighted by Gasteiger charge is 2.33. The number of aryl methyl sites for hydroxylation is 1. The molecule has 4 rings (SSSR count). The van der Waals surface area contributed by atoms with Gasteiger partial charge in [0.05, 0.1) is 28.0 Å². The average molecular weight is 444 g/mol. The van der Waals surface area contributed by atoms with Crippen LogP contribution >= 0.6 is 23.2 Å². The van der Waals surface area contributed by atoms with Crippen LogP contribution in [0.25, 0.3) is 5.69 Å². The van der Waals surface area contributed by atoms with Crippen LogP contribution < -0.4 is 0 Å². The molecule has 1 aliphatic heterocycles. The lowest BCUT2D eigenvalue weighted by molar-refractivity contribution is 0.0498. The highest BCUT2D eigenvalue weighted by Crippen LogP contribution is 2.31. The number of halogens is 2. The van der Waals surface area contributed by atoms with Crippen LogP contribution in [0.3, 0.4) is 0 Å². The van der Waals surface area contributed by atoms with Crippen LogP contribution in [0.4, 0.5) is 0 Å². The predicted octanol–water partition coefficient (Wildman–Crippen LogP) is 4.84. The van der Waals surface area contributed by atoms with Gasteiger partial charge in [0.15, 0.2) is 0 Å². The van der Waals surface area contributed by atoms with E-state index in [9.17, 15) is 4.79 Å². The minimum atomic E-state index is -0.0367. The Labute approximate surface area is 185 Å². The molecule has 3 aromatic rings. The summed E-state index contributed by atoms with van der Waals surface area (Å²) in [7, 11) is 0. The van der Waals surface area contributed by atoms with Crippen molar-refractivity contribution in [2.24, 2.45) is 5.92 Å². The van der Waals surface area contributed by atoms with E-state index in [0.29, 0.717) is 27.2 Å². The lowest BCUT2D eigenvalue weighted by Crippen LogP contribution is -2.48. The molecule has 2 atom stereocenters. The predicted molar refractivity (Wildman–Crippen MR) is 117 cm³/mol. The molecule has 0 aliphatic carbocycles. The van der Waals surface area contributed by atoms with Crippen molar-refractivity contribution >= 4 is 29.1 Å². The highest BCUT2D eigenvalue weighted by molar-refractivity contribution is 6.33. The van der Waals surface area contributed by atoms with Gasteiger partial charge in [-0.1, -0.05) is 36.2 Å². The molecule has 30 heavy (non-hydrogen) atoms. The Hall–Kier alpha value is -2.44. The van der Waals surface area contributed by atoms with Crippen LogP contribution in [0.15, 0.2) is 48.9 Å². The van der Waals surface area contributed by atoms with Crippen molar-refractivity contribution in [1.82, 2.24) is 24.9 Å². The number of benzene rings is 1. The number of nitrogens with zero attached hydrogens (tertiary/aromatic N) is 5. The highest BCUT2D eigenvalue weighted by atomic mass is 35.5. The van der Waals surface area contributed by atoms with E-state index >= 15 is 0 Å². The zero-order valence-corrected chi connectivity index (χ0v) is 18.2. The first-order chi connectivity index (χ1) is 14.5. The lowest BCUT2D eigenvalue weighted by atomic mass is 9.87. The van der Waals surface area contributed by atoms with Crippen molar-refractivity contribution in [1.29, 1.82) is 0 Å². The van der Waals surface area contributed by atoms with Gasteiger partial charge in [-0.05, 0) is 55.9 Å². The molecule has 8 heteroatoms. The Morgan fingerprint density at radius 1 is 1.17 bits per heavy atom. The Balaban J connectivity index is 1.60. The standard InChI is InChI=1S/C22H23Cl2N5O/c1-15-4-3-13-28(20(15)10-9-17-8-7-16(23)14-25-17)22(30)18-5-2-6-19(24)21(18)29-26-11-12-27-29/h2,5-8,11-12,14-15,20H,3-4,9-10,13H2,1H3/t15-,20-/m1/s1. The lowest BCUT2D eigenvalue weighted by Gasteiger charge is -2.40. The Bertz CT molecular complexity index is 1010. The van der Waals surface area contributed by atoms with Crippen LogP contribution in [-0.2, 0) is 6.42 Å². The molecule has 1 aromatic carbocycles. The number of hydrogen-bond donors (Lipinski definition) is 0. The molecule has 0 N–H and O–H groups in total. The Morgan fingerprint density at radius 2 is 1.97 bits per heavy atom. The van der Waals surface area contributed by atoms with Crippen LogP contribution in [0.5, 0.6) is 0 Å². The molecule has 0 spiro atoms. The second kappa shape index (κ2) is 9.14. The van der Waals surface area contributed by atoms with Crippen molar-refractivity contribution in [2.45, 2.75) is 38.6 Å². The molecule has 6 nitrogen and oxygen atoms in total. The summed E-state index contributed by atoms with van der Waals surface area (Å²) in [4.78, 5) is 21.4. The summed E-state index contributed by atoms with van der Waals surface area (Å²) in [6, 6.07) is 9.26. The number of piperidine rings is 1. The molecule has 3 heterocycles. The van der Waals surface area contributed by atoms with Crippen LogP contribution in [0, 0.1) is 5.92 Å². The van der Waals surface area contributed by atoms with Crippen LogP contribution in [0.1, 0.15) is 42.2 Å². The maximum absolute atomic E-state index is 13.6. The normalized spacial score (nSPS) is 19.1. The van der Waals surface area contributed by atoms with Crippen molar-refractivity contribution < 1.29 is 4.79 Å². The molecule has 2 aromatic heterocycles. The first-order valence-corrected chi connectivity index (χ1v) is 10.9. The van der Waals surface area contributed by atoms with Gasteiger partial charge in [0.1, 0.15) is 5.69 Å². The van der Waals surface area contributed by atoms with Gasteiger partial charge in [0, 0.05) is 24.5 Å². The summed E-state index contributed by atoms with van der Waals surface area (Å²) < 4.78 is 0. The topological polar surface area (TPSA) is 63.9 Å². The third-order valence-electron chi connectivity index (χ3n) is 5.70. The molecule has 1 fully saturated rings. The fraction of sp³-hybridized carbons (Fsp3) is 0.364. The number of carbonyl (C=O) groups is 1.